The van der Waals surface area contributed by atoms with E-state index in [2.05, 4.69) is 15.3 Å². The molecule has 1 aromatic heterocycles. The van der Waals surface area contributed by atoms with Gasteiger partial charge in [0.2, 0.25) is 5.91 Å². The first-order chi connectivity index (χ1) is 8.27. The van der Waals surface area contributed by atoms with Crippen molar-refractivity contribution < 1.29 is 4.79 Å². The number of hydrogen-bond acceptors (Lipinski definition) is 4. The Morgan fingerprint density at radius 1 is 1.44 bits per heavy atom. The first-order valence-corrected chi connectivity index (χ1v) is 6.22. The number of amides is 1. The number of nitrogens with one attached hydrogen (secondary N) is 1. The predicted octanol–water partition coefficient (Wildman–Crippen LogP) is 1.92. The molecule has 0 aliphatic carbocycles. The minimum absolute atomic E-state index is 0.357. The van der Waals surface area contributed by atoms with Crippen molar-refractivity contribution in [1.29, 1.82) is 0 Å². The van der Waals surface area contributed by atoms with Gasteiger partial charge in [-0.25, -0.2) is 9.97 Å². The molecule has 0 aliphatic rings. The molecule has 0 aliphatic heterocycles. The highest BCUT2D eigenvalue weighted by Crippen LogP contribution is 2.23. The van der Waals surface area contributed by atoms with Crippen LogP contribution < -0.4 is 11.1 Å². The maximum atomic E-state index is 11.3. The van der Waals surface area contributed by atoms with Gasteiger partial charge in [0.15, 0.2) is 0 Å². The van der Waals surface area contributed by atoms with Crippen molar-refractivity contribution in [1.82, 2.24) is 9.97 Å². The summed E-state index contributed by atoms with van der Waals surface area (Å²) in [5, 5.41) is 3.58. The van der Waals surface area contributed by atoms with Gasteiger partial charge in [-0.2, -0.15) is 0 Å². The Labute approximate surface area is 112 Å². The molecule has 0 bridgehead atoms. The molecule has 0 fully saturated rings. The van der Waals surface area contributed by atoms with E-state index >= 15 is 0 Å². The summed E-state index contributed by atoms with van der Waals surface area (Å²) in [6.45, 7) is 7.72. The highest BCUT2D eigenvalue weighted by atomic mass is 35.5. The monoisotopic (exact) mass is 270 g/mol. The molecule has 0 unspecified atom stereocenters. The van der Waals surface area contributed by atoms with Crippen LogP contribution >= 0.6 is 11.6 Å². The lowest BCUT2D eigenvalue weighted by molar-refractivity contribution is -0.125. The maximum Gasteiger partial charge on any atom is 0.224 e. The van der Waals surface area contributed by atoms with E-state index in [4.69, 9.17) is 17.3 Å². The Bertz CT molecular complexity index is 460. The van der Waals surface area contributed by atoms with Crippen molar-refractivity contribution in [2.45, 2.75) is 34.1 Å². The highest BCUT2D eigenvalue weighted by molar-refractivity contribution is 6.30. The molecule has 0 atom stereocenters. The van der Waals surface area contributed by atoms with Crippen LogP contribution in [0.4, 0.5) is 5.82 Å². The first kappa shape index (κ1) is 14.7. The SMILES string of the molecule is CCc1c(Cl)nc(C)nc1NCC(C)(C)C(N)=O. The van der Waals surface area contributed by atoms with Crippen molar-refractivity contribution in [3.63, 3.8) is 0 Å². The molecule has 0 radical (unpaired) electrons. The molecule has 0 spiro atoms. The smallest absolute Gasteiger partial charge is 0.224 e. The average Bonchev–Trinajstić information content (AvgIpc) is 2.25. The lowest BCUT2D eigenvalue weighted by atomic mass is 9.93. The molecule has 1 aromatic rings. The van der Waals surface area contributed by atoms with Crippen LogP contribution in [-0.2, 0) is 11.2 Å². The van der Waals surface area contributed by atoms with E-state index in [0.29, 0.717) is 23.3 Å². The van der Waals surface area contributed by atoms with E-state index in [-0.39, 0.29) is 5.91 Å². The number of aromatic nitrogens is 2. The first-order valence-electron chi connectivity index (χ1n) is 5.84. The van der Waals surface area contributed by atoms with E-state index in [1.165, 1.54) is 0 Å². The second-order valence-electron chi connectivity index (χ2n) is 4.84. The summed E-state index contributed by atoms with van der Waals surface area (Å²) in [5.41, 5.74) is 5.53. The zero-order valence-corrected chi connectivity index (χ0v) is 11.9. The molecule has 3 N–H and O–H groups in total. The van der Waals surface area contributed by atoms with Crippen LogP contribution in [-0.4, -0.2) is 22.4 Å². The second kappa shape index (κ2) is 5.52. The molecule has 100 valence electrons. The minimum Gasteiger partial charge on any atom is -0.369 e. The molecule has 5 nitrogen and oxygen atoms in total. The third-order valence-corrected chi connectivity index (χ3v) is 3.10. The zero-order chi connectivity index (χ0) is 13.9. The van der Waals surface area contributed by atoms with Crippen molar-refractivity contribution >= 4 is 23.3 Å². The summed E-state index contributed by atoms with van der Waals surface area (Å²) in [6, 6.07) is 0. The molecule has 1 rings (SSSR count). The number of carbonyl (C=O) groups is 1. The van der Waals surface area contributed by atoms with E-state index in [1.54, 1.807) is 20.8 Å². The standard InChI is InChI=1S/C12H19ClN4O/c1-5-8-9(13)16-7(2)17-10(8)15-6-12(3,4)11(14)18/h5-6H2,1-4H3,(H2,14,18)(H,15,16,17). The Morgan fingerprint density at radius 2 is 2.06 bits per heavy atom. The lowest BCUT2D eigenvalue weighted by Crippen LogP contribution is -2.37. The number of nitrogens with zero attached hydrogens (tertiary/aromatic N) is 2. The van der Waals surface area contributed by atoms with E-state index in [9.17, 15) is 4.79 Å². The molecule has 1 amide bonds. The quantitative estimate of drug-likeness (QED) is 0.801. The predicted molar refractivity (Wildman–Crippen MR) is 72.6 cm³/mol. The second-order valence-corrected chi connectivity index (χ2v) is 5.20. The van der Waals surface area contributed by atoms with Gasteiger partial charge in [-0.3, -0.25) is 4.79 Å². The van der Waals surface area contributed by atoms with Gasteiger partial charge in [0.25, 0.3) is 0 Å². The Balaban J connectivity index is 2.94. The molecule has 1 heterocycles. The summed E-state index contributed by atoms with van der Waals surface area (Å²) in [6.07, 6.45) is 0.721. The summed E-state index contributed by atoms with van der Waals surface area (Å²) in [5.74, 6) is 0.908. The van der Waals surface area contributed by atoms with Crippen molar-refractivity contribution in [2.75, 3.05) is 11.9 Å². The largest absolute Gasteiger partial charge is 0.369 e. The normalized spacial score (nSPS) is 11.4. The van der Waals surface area contributed by atoms with Crippen LogP contribution in [0.15, 0.2) is 0 Å². The number of anilines is 1. The van der Waals surface area contributed by atoms with Gasteiger partial charge < -0.3 is 11.1 Å². The number of halogens is 1. The Morgan fingerprint density at radius 3 is 2.56 bits per heavy atom. The third-order valence-electron chi connectivity index (χ3n) is 2.79. The maximum absolute atomic E-state index is 11.3. The van der Waals surface area contributed by atoms with E-state index in [0.717, 1.165) is 12.0 Å². The van der Waals surface area contributed by atoms with Gasteiger partial charge in [-0.05, 0) is 27.2 Å². The van der Waals surface area contributed by atoms with E-state index in [1.807, 2.05) is 6.92 Å². The zero-order valence-electron chi connectivity index (χ0n) is 11.2. The van der Waals surface area contributed by atoms with Crippen molar-refractivity contribution in [3.05, 3.63) is 16.5 Å². The number of rotatable bonds is 5. The molecule has 0 saturated heterocycles. The van der Waals surface area contributed by atoms with E-state index < -0.39 is 5.41 Å². The fourth-order valence-electron chi connectivity index (χ4n) is 1.41. The average molecular weight is 271 g/mol. The van der Waals surface area contributed by atoms with Gasteiger partial charge in [0, 0.05) is 12.1 Å². The van der Waals surface area contributed by atoms with Crippen molar-refractivity contribution in [3.8, 4) is 0 Å². The fourth-order valence-corrected chi connectivity index (χ4v) is 1.76. The van der Waals surface area contributed by atoms with Crippen LogP contribution in [0, 0.1) is 12.3 Å². The summed E-state index contributed by atoms with van der Waals surface area (Å²) in [4.78, 5) is 19.7. The summed E-state index contributed by atoms with van der Waals surface area (Å²) < 4.78 is 0. The number of primary amides is 1. The lowest BCUT2D eigenvalue weighted by Gasteiger charge is -2.22. The fraction of sp³-hybridized carbons (Fsp3) is 0.583. The molecule has 18 heavy (non-hydrogen) atoms. The van der Waals surface area contributed by atoms with Gasteiger partial charge in [0.05, 0.1) is 5.41 Å². The van der Waals surface area contributed by atoms with Gasteiger partial charge >= 0.3 is 0 Å². The Hall–Kier alpha value is -1.36. The molecule has 0 aromatic carbocycles. The third kappa shape index (κ3) is 3.32. The van der Waals surface area contributed by atoms with Crippen LogP contribution in [0.2, 0.25) is 5.15 Å². The Kier molecular flexibility index (Phi) is 4.51. The number of nitrogens with two attached hydrogens (primary N) is 1. The molecule has 0 saturated carbocycles. The van der Waals surface area contributed by atoms with Gasteiger partial charge in [0.1, 0.15) is 16.8 Å². The summed E-state index contributed by atoms with van der Waals surface area (Å²) in [7, 11) is 0. The van der Waals surface area contributed by atoms with Crippen LogP contribution in [0.25, 0.3) is 0 Å². The van der Waals surface area contributed by atoms with Crippen LogP contribution in [0.1, 0.15) is 32.2 Å². The minimum atomic E-state index is -0.643. The van der Waals surface area contributed by atoms with Gasteiger partial charge in [-0.1, -0.05) is 18.5 Å². The topological polar surface area (TPSA) is 80.9 Å². The molecular weight excluding hydrogens is 252 g/mol. The number of carbonyl (C=O) groups excluding carboxylic acids is 1. The number of aryl methyl sites for hydroxylation is 1. The van der Waals surface area contributed by atoms with Crippen molar-refractivity contribution in [2.24, 2.45) is 11.1 Å². The molecule has 6 heteroatoms. The molecular formula is C12H19ClN4O. The summed E-state index contributed by atoms with van der Waals surface area (Å²) >= 11 is 6.06. The highest BCUT2D eigenvalue weighted by Gasteiger charge is 2.25. The van der Waals surface area contributed by atoms with Gasteiger partial charge in [-0.15, -0.1) is 0 Å². The van der Waals surface area contributed by atoms with Crippen LogP contribution in [0.5, 0.6) is 0 Å². The number of hydrogen-bond donors (Lipinski definition) is 2. The van der Waals surface area contributed by atoms with Crippen LogP contribution in [0.3, 0.4) is 0 Å².